The lowest BCUT2D eigenvalue weighted by Crippen LogP contribution is -2.32. The van der Waals surface area contributed by atoms with Crippen LogP contribution < -0.4 is 5.32 Å². The van der Waals surface area contributed by atoms with E-state index in [1.807, 2.05) is 6.92 Å². The first kappa shape index (κ1) is 15.4. The van der Waals surface area contributed by atoms with Crippen molar-refractivity contribution >= 4 is 5.97 Å². The van der Waals surface area contributed by atoms with Crippen LogP contribution >= 0.6 is 0 Å². The van der Waals surface area contributed by atoms with Crippen LogP contribution in [-0.2, 0) is 9.53 Å². The molecule has 1 unspecified atom stereocenters. The molecule has 4 heteroatoms. The van der Waals surface area contributed by atoms with E-state index in [1.54, 1.807) is 0 Å². The molecule has 0 amide bonds. The number of nitrogens with zero attached hydrogens (tertiary/aromatic N) is 1. The fraction of sp³-hybridized carbons (Fsp3) is 0.917. The van der Waals surface area contributed by atoms with E-state index in [0.29, 0.717) is 12.6 Å². The molecule has 0 rings (SSSR count). The molecule has 0 saturated heterocycles. The highest BCUT2D eigenvalue weighted by Crippen LogP contribution is 1.96. The largest absolute Gasteiger partial charge is 0.469 e. The summed E-state index contributed by atoms with van der Waals surface area (Å²) in [4.78, 5) is 13.4. The first-order chi connectivity index (χ1) is 7.49. The lowest BCUT2D eigenvalue weighted by Gasteiger charge is -2.20. The molecule has 0 bridgehead atoms. The highest BCUT2D eigenvalue weighted by atomic mass is 16.5. The van der Waals surface area contributed by atoms with Crippen molar-refractivity contribution in [3.05, 3.63) is 0 Å². The number of carbonyl (C=O) groups excluding carboxylic acids is 1. The van der Waals surface area contributed by atoms with Crippen LogP contribution in [0.25, 0.3) is 0 Å². The Morgan fingerprint density at radius 1 is 1.38 bits per heavy atom. The molecule has 1 N–H and O–H groups in total. The summed E-state index contributed by atoms with van der Waals surface area (Å²) >= 11 is 0. The lowest BCUT2D eigenvalue weighted by atomic mass is 10.2. The summed E-state index contributed by atoms with van der Waals surface area (Å²) in [5, 5.41) is 3.27. The van der Waals surface area contributed by atoms with Crippen LogP contribution in [0, 0.1) is 5.92 Å². The first-order valence-electron chi connectivity index (χ1n) is 5.97. The van der Waals surface area contributed by atoms with Gasteiger partial charge in [-0.05, 0) is 40.4 Å². The Hall–Kier alpha value is -0.610. The minimum absolute atomic E-state index is 0.0622. The van der Waals surface area contributed by atoms with Crippen molar-refractivity contribution in [3.8, 4) is 0 Å². The Labute approximate surface area is 99.3 Å². The van der Waals surface area contributed by atoms with Gasteiger partial charge >= 0.3 is 5.97 Å². The van der Waals surface area contributed by atoms with E-state index in [0.717, 1.165) is 19.5 Å². The molecular formula is C12H26N2O2. The number of carbonyl (C=O) groups is 1. The van der Waals surface area contributed by atoms with Gasteiger partial charge in [0.25, 0.3) is 0 Å². The highest BCUT2D eigenvalue weighted by molar-refractivity contribution is 5.71. The third-order valence-corrected chi connectivity index (χ3v) is 2.80. The molecule has 0 aliphatic rings. The molecule has 0 heterocycles. The molecule has 4 nitrogen and oxygen atoms in total. The monoisotopic (exact) mass is 230 g/mol. The Kier molecular flexibility index (Phi) is 8.21. The lowest BCUT2D eigenvalue weighted by molar-refractivity contribution is -0.144. The number of rotatable bonds is 8. The molecule has 0 aliphatic heterocycles. The topological polar surface area (TPSA) is 41.6 Å². The molecule has 0 spiro atoms. The molecule has 0 aliphatic carbocycles. The van der Waals surface area contributed by atoms with Gasteiger partial charge in [-0.1, -0.05) is 6.92 Å². The molecule has 0 fully saturated rings. The van der Waals surface area contributed by atoms with E-state index in [9.17, 15) is 4.79 Å². The summed E-state index contributed by atoms with van der Waals surface area (Å²) in [6.07, 6.45) is 1.10. The zero-order valence-electron chi connectivity index (χ0n) is 11.2. The third kappa shape index (κ3) is 6.80. The summed E-state index contributed by atoms with van der Waals surface area (Å²) in [5.74, 6) is -0.209. The maximum absolute atomic E-state index is 11.1. The maximum Gasteiger partial charge on any atom is 0.309 e. The van der Waals surface area contributed by atoms with E-state index < -0.39 is 0 Å². The fourth-order valence-corrected chi connectivity index (χ4v) is 1.31. The van der Waals surface area contributed by atoms with Crippen molar-refractivity contribution in [1.29, 1.82) is 0 Å². The first-order valence-corrected chi connectivity index (χ1v) is 5.97. The standard InChI is InChI=1S/C12H26N2O2/c1-10(2)14(4)8-6-7-13-9-11(3)12(15)16-5/h10-11,13H,6-9H2,1-5H3. The number of hydrogen-bond acceptors (Lipinski definition) is 4. The summed E-state index contributed by atoms with van der Waals surface area (Å²) in [5.41, 5.74) is 0. The van der Waals surface area contributed by atoms with Crippen LogP contribution in [-0.4, -0.2) is 50.7 Å². The predicted octanol–water partition coefficient (Wildman–Crippen LogP) is 1.12. The maximum atomic E-state index is 11.1. The molecule has 0 saturated carbocycles. The molecule has 96 valence electrons. The van der Waals surface area contributed by atoms with Gasteiger partial charge in [-0.3, -0.25) is 4.79 Å². The number of methoxy groups -OCH3 is 1. The van der Waals surface area contributed by atoms with Crippen LogP contribution in [0.15, 0.2) is 0 Å². The highest BCUT2D eigenvalue weighted by Gasteiger charge is 2.11. The molecule has 1 atom stereocenters. The fourth-order valence-electron chi connectivity index (χ4n) is 1.31. The number of esters is 1. The van der Waals surface area contributed by atoms with Crippen LogP contribution in [0.2, 0.25) is 0 Å². The van der Waals surface area contributed by atoms with Crippen molar-refractivity contribution in [2.45, 2.75) is 33.2 Å². The second-order valence-electron chi connectivity index (χ2n) is 4.56. The third-order valence-electron chi connectivity index (χ3n) is 2.80. The van der Waals surface area contributed by atoms with Crippen molar-refractivity contribution in [1.82, 2.24) is 10.2 Å². The minimum atomic E-state index is -0.146. The predicted molar refractivity (Wildman–Crippen MR) is 66.4 cm³/mol. The number of ether oxygens (including phenoxy) is 1. The van der Waals surface area contributed by atoms with Crippen LogP contribution in [0.3, 0.4) is 0 Å². The second kappa shape index (κ2) is 8.53. The van der Waals surface area contributed by atoms with Crippen LogP contribution in [0.5, 0.6) is 0 Å². The van der Waals surface area contributed by atoms with Crippen molar-refractivity contribution < 1.29 is 9.53 Å². The smallest absolute Gasteiger partial charge is 0.309 e. The zero-order chi connectivity index (χ0) is 12.6. The van der Waals surface area contributed by atoms with Crippen molar-refractivity contribution in [2.75, 3.05) is 33.8 Å². The van der Waals surface area contributed by atoms with Crippen molar-refractivity contribution in [3.63, 3.8) is 0 Å². The Bertz CT molecular complexity index is 195. The zero-order valence-corrected chi connectivity index (χ0v) is 11.2. The number of nitrogens with one attached hydrogen (secondary N) is 1. The van der Waals surface area contributed by atoms with Gasteiger partial charge in [0.15, 0.2) is 0 Å². The molecule has 0 aromatic rings. The number of hydrogen-bond donors (Lipinski definition) is 1. The van der Waals surface area contributed by atoms with Gasteiger partial charge in [0, 0.05) is 12.6 Å². The Morgan fingerprint density at radius 2 is 2.00 bits per heavy atom. The minimum Gasteiger partial charge on any atom is -0.469 e. The quantitative estimate of drug-likeness (QED) is 0.501. The average molecular weight is 230 g/mol. The summed E-state index contributed by atoms with van der Waals surface area (Å²) in [6.45, 7) is 8.96. The molecule has 0 radical (unpaired) electrons. The average Bonchev–Trinajstić information content (AvgIpc) is 2.26. The van der Waals surface area contributed by atoms with E-state index in [-0.39, 0.29) is 11.9 Å². The molecule has 0 aromatic heterocycles. The van der Waals surface area contributed by atoms with Gasteiger partial charge in [0.1, 0.15) is 0 Å². The van der Waals surface area contributed by atoms with Gasteiger partial charge in [-0.15, -0.1) is 0 Å². The van der Waals surface area contributed by atoms with Gasteiger partial charge in [0.2, 0.25) is 0 Å². The van der Waals surface area contributed by atoms with Crippen LogP contribution in [0.4, 0.5) is 0 Å². The van der Waals surface area contributed by atoms with E-state index in [4.69, 9.17) is 0 Å². The normalized spacial score (nSPS) is 13.2. The van der Waals surface area contributed by atoms with Gasteiger partial charge in [0.05, 0.1) is 13.0 Å². The van der Waals surface area contributed by atoms with Crippen molar-refractivity contribution in [2.24, 2.45) is 5.92 Å². The van der Waals surface area contributed by atoms with E-state index in [1.165, 1.54) is 7.11 Å². The van der Waals surface area contributed by atoms with Gasteiger partial charge < -0.3 is 15.0 Å². The second-order valence-corrected chi connectivity index (χ2v) is 4.56. The molecule has 16 heavy (non-hydrogen) atoms. The Balaban J connectivity index is 3.43. The Morgan fingerprint density at radius 3 is 2.50 bits per heavy atom. The summed E-state index contributed by atoms with van der Waals surface area (Å²) < 4.78 is 4.65. The summed E-state index contributed by atoms with van der Waals surface area (Å²) in [7, 11) is 3.55. The molecular weight excluding hydrogens is 204 g/mol. The van der Waals surface area contributed by atoms with Gasteiger partial charge in [-0.2, -0.15) is 0 Å². The van der Waals surface area contributed by atoms with E-state index >= 15 is 0 Å². The van der Waals surface area contributed by atoms with E-state index in [2.05, 4.69) is 35.8 Å². The van der Waals surface area contributed by atoms with Crippen LogP contribution in [0.1, 0.15) is 27.2 Å². The molecule has 0 aromatic carbocycles. The summed E-state index contributed by atoms with van der Waals surface area (Å²) in [6, 6.07) is 0.592. The SMILES string of the molecule is COC(=O)C(C)CNCCCN(C)C(C)C. The van der Waals surface area contributed by atoms with Gasteiger partial charge in [-0.25, -0.2) is 0 Å².